The number of nitriles is 1. The van der Waals surface area contributed by atoms with E-state index in [1.807, 2.05) is 0 Å². The molecule has 0 amide bonds. The highest BCUT2D eigenvalue weighted by molar-refractivity contribution is 7.89. The fourth-order valence-corrected chi connectivity index (χ4v) is 2.78. The second kappa shape index (κ2) is 6.33. The Kier molecular flexibility index (Phi) is 5.16. The third-order valence-electron chi connectivity index (χ3n) is 2.77. The van der Waals surface area contributed by atoms with Crippen molar-refractivity contribution in [3.8, 4) is 6.07 Å². The normalized spacial score (nSPS) is 12.2. The summed E-state index contributed by atoms with van der Waals surface area (Å²) in [4.78, 5) is 9.92. The number of carboxylic acid groups (broad SMARTS) is 1. The Hall–Kier alpha value is -2.12. The Morgan fingerprint density at radius 1 is 1.41 bits per heavy atom. The Balaban J connectivity index is 3.22. The van der Waals surface area contributed by atoms with Crippen LogP contribution in [-0.4, -0.2) is 37.4 Å². The highest BCUT2D eigenvalue weighted by Gasteiger charge is 2.34. The number of aliphatic carboxylic acids is 1. The van der Waals surface area contributed by atoms with Crippen molar-refractivity contribution >= 4 is 16.0 Å². The quantitative estimate of drug-likeness (QED) is 0.882. The van der Waals surface area contributed by atoms with Crippen LogP contribution >= 0.6 is 0 Å². The van der Waals surface area contributed by atoms with Gasteiger partial charge >= 0.3 is 12.1 Å². The number of carboxylic acids is 1. The number of alkyl halides is 3. The van der Waals surface area contributed by atoms with Gasteiger partial charge in [-0.15, -0.1) is 0 Å². The van der Waals surface area contributed by atoms with Gasteiger partial charge in [0.15, 0.2) is 0 Å². The van der Waals surface area contributed by atoms with Gasteiger partial charge in [0.05, 0.1) is 28.5 Å². The molecule has 0 saturated heterocycles. The molecule has 0 aliphatic heterocycles. The predicted molar refractivity (Wildman–Crippen MR) is 68.2 cm³/mol. The summed E-state index contributed by atoms with van der Waals surface area (Å²) in [7, 11) is -3.08. The first-order valence-corrected chi connectivity index (χ1v) is 7.23. The fourth-order valence-electron chi connectivity index (χ4n) is 1.58. The molecular weight excluding hydrogens is 325 g/mol. The lowest BCUT2D eigenvalue weighted by Crippen LogP contribution is -2.29. The maximum atomic E-state index is 12.7. The van der Waals surface area contributed by atoms with Crippen molar-refractivity contribution in [1.29, 1.82) is 5.26 Å². The number of carbonyl (C=O) groups is 1. The van der Waals surface area contributed by atoms with Crippen LogP contribution in [0, 0.1) is 11.3 Å². The van der Waals surface area contributed by atoms with Gasteiger partial charge in [0, 0.05) is 13.6 Å². The molecule has 0 aromatic heterocycles. The Morgan fingerprint density at radius 3 is 2.45 bits per heavy atom. The number of halogens is 3. The van der Waals surface area contributed by atoms with Crippen molar-refractivity contribution in [2.24, 2.45) is 0 Å². The molecule has 0 unspecified atom stereocenters. The van der Waals surface area contributed by atoms with Gasteiger partial charge in [-0.2, -0.15) is 18.4 Å². The van der Waals surface area contributed by atoms with Crippen molar-refractivity contribution in [2.45, 2.75) is 17.5 Å². The summed E-state index contributed by atoms with van der Waals surface area (Å²) in [5.41, 5.74) is -2.05. The van der Waals surface area contributed by atoms with Crippen molar-refractivity contribution in [3.63, 3.8) is 0 Å². The summed E-state index contributed by atoms with van der Waals surface area (Å²) in [6, 6.07) is 3.17. The van der Waals surface area contributed by atoms with Gasteiger partial charge in [-0.25, -0.2) is 12.7 Å². The largest absolute Gasteiger partial charge is 0.481 e. The molecule has 6 nitrogen and oxygen atoms in total. The van der Waals surface area contributed by atoms with Crippen molar-refractivity contribution in [3.05, 3.63) is 29.3 Å². The lowest BCUT2D eigenvalue weighted by Gasteiger charge is -2.17. The van der Waals surface area contributed by atoms with E-state index in [1.54, 1.807) is 0 Å². The molecule has 0 aliphatic carbocycles. The SMILES string of the molecule is CN(CCC(=O)O)S(=O)(=O)c1ccc(C(F)(F)F)c(C#N)c1. The zero-order chi connectivity index (χ0) is 17.1. The molecule has 0 spiro atoms. The van der Waals surface area contributed by atoms with E-state index < -0.39 is 44.6 Å². The summed E-state index contributed by atoms with van der Waals surface area (Å²) in [5, 5.41) is 17.3. The predicted octanol–water partition coefficient (Wildman–Crippen LogP) is 1.67. The maximum absolute atomic E-state index is 12.7. The second-order valence-electron chi connectivity index (χ2n) is 4.29. The molecule has 0 bridgehead atoms. The van der Waals surface area contributed by atoms with Crippen LogP contribution in [0.4, 0.5) is 13.2 Å². The number of benzene rings is 1. The molecule has 1 aromatic rings. The summed E-state index contributed by atoms with van der Waals surface area (Å²) in [6.45, 7) is -0.347. The van der Waals surface area contributed by atoms with E-state index in [4.69, 9.17) is 10.4 Å². The summed E-state index contributed by atoms with van der Waals surface area (Å²) < 4.78 is 62.9. The third-order valence-corrected chi connectivity index (χ3v) is 4.62. The average molecular weight is 336 g/mol. The number of hydrogen-bond acceptors (Lipinski definition) is 4. The fraction of sp³-hybridized carbons (Fsp3) is 0.333. The van der Waals surface area contributed by atoms with Gasteiger partial charge in [-0.05, 0) is 18.2 Å². The Bertz CT molecular complexity index is 723. The lowest BCUT2D eigenvalue weighted by atomic mass is 10.1. The highest BCUT2D eigenvalue weighted by Crippen LogP contribution is 2.33. The highest BCUT2D eigenvalue weighted by atomic mass is 32.2. The molecule has 0 atom stereocenters. The van der Waals surface area contributed by atoms with E-state index in [0.717, 1.165) is 13.1 Å². The van der Waals surface area contributed by atoms with Crippen LogP contribution in [0.25, 0.3) is 0 Å². The number of hydrogen-bond donors (Lipinski definition) is 1. The van der Waals surface area contributed by atoms with Crippen LogP contribution in [0.5, 0.6) is 0 Å². The minimum atomic E-state index is -4.78. The molecule has 10 heteroatoms. The number of rotatable bonds is 5. The molecule has 1 aromatic carbocycles. The Labute approximate surface area is 124 Å². The van der Waals surface area contributed by atoms with Gasteiger partial charge in [0.1, 0.15) is 0 Å². The topological polar surface area (TPSA) is 98.5 Å². The lowest BCUT2D eigenvalue weighted by molar-refractivity contribution is -0.138. The van der Waals surface area contributed by atoms with Crippen molar-refractivity contribution < 1.29 is 31.5 Å². The minimum Gasteiger partial charge on any atom is -0.481 e. The summed E-state index contributed by atoms with van der Waals surface area (Å²) in [5.74, 6) is -1.22. The second-order valence-corrected chi connectivity index (χ2v) is 6.33. The van der Waals surface area contributed by atoms with Gasteiger partial charge in [-0.3, -0.25) is 4.79 Å². The van der Waals surface area contributed by atoms with E-state index in [0.29, 0.717) is 16.4 Å². The smallest absolute Gasteiger partial charge is 0.417 e. The molecule has 1 rings (SSSR count). The number of sulfonamides is 1. The van der Waals surface area contributed by atoms with Crippen LogP contribution in [0.2, 0.25) is 0 Å². The van der Waals surface area contributed by atoms with E-state index in [9.17, 15) is 26.4 Å². The van der Waals surface area contributed by atoms with Crippen LogP contribution in [-0.2, 0) is 21.0 Å². The molecule has 120 valence electrons. The van der Waals surface area contributed by atoms with E-state index in [1.165, 1.54) is 6.07 Å². The first-order chi connectivity index (χ1) is 10.00. The molecule has 0 radical (unpaired) electrons. The number of nitrogens with zero attached hydrogens (tertiary/aromatic N) is 2. The molecule has 0 saturated carbocycles. The molecular formula is C12H11F3N2O4S. The summed E-state index contributed by atoms with van der Waals surface area (Å²) >= 11 is 0. The minimum absolute atomic E-state index is 0.347. The van der Waals surface area contributed by atoms with E-state index >= 15 is 0 Å². The van der Waals surface area contributed by atoms with Crippen LogP contribution in [0.15, 0.2) is 23.1 Å². The molecule has 0 heterocycles. The molecule has 0 fully saturated rings. The average Bonchev–Trinajstić information content (AvgIpc) is 2.42. The van der Waals surface area contributed by atoms with Gasteiger partial charge in [0.25, 0.3) is 0 Å². The standard InChI is InChI=1S/C12H11F3N2O4S/c1-17(5-4-11(18)19)22(20,21)9-2-3-10(12(13,14)15)8(6-9)7-16/h2-3,6H,4-5H2,1H3,(H,18,19). The van der Waals surface area contributed by atoms with E-state index in [-0.39, 0.29) is 6.54 Å². The molecule has 22 heavy (non-hydrogen) atoms. The van der Waals surface area contributed by atoms with Gasteiger partial charge < -0.3 is 5.11 Å². The molecule has 0 aliphatic rings. The zero-order valence-electron chi connectivity index (χ0n) is 11.3. The van der Waals surface area contributed by atoms with Gasteiger partial charge in [0.2, 0.25) is 10.0 Å². The first kappa shape index (κ1) is 17.9. The van der Waals surface area contributed by atoms with Gasteiger partial charge in [-0.1, -0.05) is 0 Å². The summed E-state index contributed by atoms with van der Waals surface area (Å²) in [6.07, 6.45) is -5.23. The van der Waals surface area contributed by atoms with E-state index in [2.05, 4.69) is 0 Å². The zero-order valence-corrected chi connectivity index (χ0v) is 12.1. The first-order valence-electron chi connectivity index (χ1n) is 5.79. The monoisotopic (exact) mass is 336 g/mol. The van der Waals surface area contributed by atoms with Crippen molar-refractivity contribution in [1.82, 2.24) is 4.31 Å². The van der Waals surface area contributed by atoms with Crippen LogP contribution in [0.3, 0.4) is 0 Å². The molecule has 1 N–H and O–H groups in total. The maximum Gasteiger partial charge on any atom is 0.417 e. The van der Waals surface area contributed by atoms with Crippen LogP contribution in [0.1, 0.15) is 17.5 Å². The van der Waals surface area contributed by atoms with Crippen LogP contribution < -0.4 is 0 Å². The third kappa shape index (κ3) is 3.96. The van der Waals surface area contributed by atoms with Crippen molar-refractivity contribution in [2.75, 3.05) is 13.6 Å². The Morgan fingerprint density at radius 2 is 2.00 bits per heavy atom.